The molecule has 8 nitrogen and oxygen atoms in total. The van der Waals surface area contributed by atoms with Gasteiger partial charge in [0.15, 0.2) is 11.4 Å². The summed E-state index contributed by atoms with van der Waals surface area (Å²) in [4.78, 5) is 4.39. The summed E-state index contributed by atoms with van der Waals surface area (Å²) in [5, 5.41) is 20.9. The van der Waals surface area contributed by atoms with Crippen molar-refractivity contribution in [1.29, 1.82) is 0 Å². The maximum atomic E-state index is 14.2. The van der Waals surface area contributed by atoms with Gasteiger partial charge in [-0.05, 0) is 53.1 Å². The number of aryl methyl sites for hydroxylation is 1. The van der Waals surface area contributed by atoms with Crippen LogP contribution in [0.2, 0.25) is 0 Å². The quantitative estimate of drug-likeness (QED) is 0.287. The smallest absolute Gasteiger partial charge is 0.420 e. The molecule has 12 heteroatoms. The van der Waals surface area contributed by atoms with Crippen molar-refractivity contribution in [3.05, 3.63) is 77.9 Å². The second kappa shape index (κ2) is 10.1. The molecule has 3 aromatic carbocycles. The molecule has 0 spiro atoms. The van der Waals surface area contributed by atoms with Gasteiger partial charge in [-0.15, -0.1) is 10.2 Å². The topological polar surface area (TPSA) is 98.2 Å². The molecule has 6 rings (SSSR count). The monoisotopic (exact) mass is 553 g/mol. The first kappa shape index (κ1) is 26.1. The Morgan fingerprint density at radius 3 is 2.60 bits per heavy atom. The van der Waals surface area contributed by atoms with Gasteiger partial charge in [-0.2, -0.15) is 13.2 Å². The first-order chi connectivity index (χ1) is 19.2. The van der Waals surface area contributed by atoms with Gasteiger partial charge in [0.2, 0.25) is 5.89 Å². The molecule has 1 aliphatic rings. The van der Waals surface area contributed by atoms with E-state index in [9.17, 15) is 22.7 Å². The molecule has 5 aromatic rings. The first-order valence-electron chi connectivity index (χ1n) is 12.4. The Kier molecular flexibility index (Phi) is 6.61. The number of rotatable bonds is 6. The molecule has 2 N–H and O–H groups in total. The number of fused-ring (bicyclic) bond motifs is 1. The van der Waals surface area contributed by atoms with E-state index in [1.807, 2.05) is 0 Å². The molecule has 2 unspecified atom stereocenters. The number of alkyl halides is 3. The highest BCUT2D eigenvalue weighted by molar-refractivity contribution is 5.84. The molecule has 206 valence electrons. The third-order valence-electron chi connectivity index (χ3n) is 6.83. The van der Waals surface area contributed by atoms with Gasteiger partial charge in [0.05, 0.1) is 25.4 Å². The Labute approximate surface area is 225 Å². The van der Waals surface area contributed by atoms with E-state index in [-0.39, 0.29) is 42.8 Å². The van der Waals surface area contributed by atoms with Crippen LogP contribution in [0.4, 0.5) is 17.6 Å². The van der Waals surface area contributed by atoms with E-state index in [0.717, 1.165) is 6.07 Å². The second-order valence-electron chi connectivity index (χ2n) is 9.64. The molecule has 2 atom stereocenters. The number of aliphatic hydroxyl groups excluding tert-OH is 1. The van der Waals surface area contributed by atoms with Crippen molar-refractivity contribution >= 4 is 11.1 Å². The van der Waals surface area contributed by atoms with Crippen molar-refractivity contribution < 1.29 is 31.8 Å². The Hall–Kier alpha value is -4.13. The molecule has 40 heavy (non-hydrogen) atoms. The zero-order valence-electron chi connectivity index (χ0n) is 21.1. The molecule has 1 saturated heterocycles. The summed E-state index contributed by atoms with van der Waals surface area (Å²) in [6.07, 6.45) is -3.90. The summed E-state index contributed by atoms with van der Waals surface area (Å²) < 4.78 is 68.8. The molecule has 0 saturated carbocycles. The lowest BCUT2D eigenvalue weighted by Gasteiger charge is -2.15. The fourth-order valence-electron chi connectivity index (χ4n) is 4.81. The van der Waals surface area contributed by atoms with Crippen molar-refractivity contribution in [2.75, 3.05) is 13.2 Å². The summed E-state index contributed by atoms with van der Waals surface area (Å²) in [5.41, 5.74) is 1.34. The van der Waals surface area contributed by atoms with Crippen molar-refractivity contribution in [3.63, 3.8) is 0 Å². The van der Waals surface area contributed by atoms with Gasteiger partial charge in [-0.25, -0.2) is 9.37 Å². The minimum absolute atomic E-state index is 0.00870. The molecule has 0 aliphatic carbocycles. The Morgan fingerprint density at radius 1 is 1.05 bits per heavy atom. The van der Waals surface area contributed by atoms with Crippen molar-refractivity contribution in [2.24, 2.45) is 7.05 Å². The molecule has 0 amide bonds. The third-order valence-corrected chi connectivity index (χ3v) is 6.83. The van der Waals surface area contributed by atoms with Crippen LogP contribution in [0.5, 0.6) is 0 Å². The van der Waals surface area contributed by atoms with E-state index in [2.05, 4.69) is 20.5 Å². The lowest BCUT2D eigenvalue weighted by molar-refractivity contribution is -0.136. The molecule has 3 heterocycles. The van der Waals surface area contributed by atoms with Gasteiger partial charge >= 0.3 is 6.18 Å². The van der Waals surface area contributed by atoms with Crippen LogP contribution in [0, 0.1) is 5.82 Å². The molecular weight excluding hydrogens is 530 g/mol. The minimum atomic E-state index is -4.68. The zero-order valence-corrected chi connectivity index (χ0v) is 21.1. The predicted molar refractivity (Wildman–Crippen MR) is 137 cm³/mol. The first-order valence-corrected chi connectivity index (χ1v) is 12.4. The summed E-state index contributed by atoms with van der Waals surface area (Å²) >= 11 is 0. The minimum Gasteiger partial charge on any atom is -0.435 e. The van der Waals surface area contributed by atoms with Crippen LogP contribution in [-0.2, 0) is 24.5 Å². The number of halogens is 4. The number of ether oxygens (including phenoxy) is 1. The van der Waals surface area contributed by atoms with Crippen LogP contribution in [-0.4, -0.2) is 50.2 Å². The third kappa shape index (κ3) is 4.96. The van der Waals surface area contributed by atoms with Crippen molar-refractivity contribution in [1.82, 2.24) is 25.1 Å². The number of hydrogen-bond donors (Lipinski definition) is 2. The molecular formula is C28H23F4N5O3. The summed E-state index contributed by atoms with van der Waals surface area (Å²) in [6, 6.07) is 13.4. The zero-order chi connectivity index (χ0) is 28.0. The van der Waals surface area contributed by atoms with Crippen LogP contribution in [0.15, 0.2) is 65.3 Å². The standard InChI is InChI=1S/C28H23F4N5O3/c1-37-14-34-36-26(37)20-10-18(29)5-6-19(20)16-3-2-4-17(9-16)27-35-22-8-15(11-33-23-12-39-13-24(23)38)7-21(25(22)40-27)28(30,31)32/h2-10,14,23-24,33,38H,11-13H2,1H3. The molecule has 0 radical (unpaired) electrons. The van der Waals surface area contributed by atoms with E-state index in [1.54, 1.807) is 41.9 Å². The van der Waals surface area contributed by atoms with Crippen molar-refractivity contribution in [2.45, 2.75) is 24.9 Å². The number of hydrogen-bond acceptors (Lipinski definition) is 7. The highest BCUT2D eigenvalue weighted by atomic mass is 19.4. The lowest BCUT2D eigenvalue weighted by Crippen LogP contribution is -2.38. The average Bonchev–Trinajstić information content (AvgIpc) is 3.66. The molecule has 1 fully saturated rings. The highest BCUT2D eigenvalue weighted by Crippen LogP contribution is 2.39. The number of aromatic nitrogens is 4. The van der Waals surface area contributed by atoms with Crippen LogP contribution in [0.25, 0.3) is 45.1 Å². The van der Waals surface area contributed by atoms with Gasteiger partial charge in [0.1, 0.15) is 23.2 Å². The van der Waals surface area contributed by atoms with Crippen molar-refractivity contribution in [3.8, 4) is 34.0 Å². The molecule has 0 bridgehead atoms. The maximum Gasteiger partial charge on any atom is 0.420 e. The van der Waals surface area contributed by atoms with E-state index in [1.165, 1.54) is 24.5 Å². The Balaban J connectivity index is 1.39. The largest absolute Gasteiger partial charge is 0.435 e. The van der Waals surface area contributed by atoms with E-state index in [4.69, 9.17) is 9.15 Å². The van der Waals surface area contributed by atoms with Crippen LogP contribution >= 0.6 is 0 Å². The number of aliphatic hydroxyl groups is 1. The number of nitrogens with zero attached hydrogens (tertiary/aromatic N) is 4. The van der Waals surface area contributed by atoms with Crippen LogP contribution < -0.4 is 5.32 Å². The Bertz CT molecular complexity index is 1700. The summed E-state index contributed by atoms with van der Waals surface area (Å²) in [6.45, 7) is 0.526. The SMILES string of the molecule is Cn1cnnc1-c1cc(F)ccc1-c1cccc(-c2nc3cc(CNC4COCC4O)cc(C(F)(F)F)c3o2)c1. The van der Waals surface area contributed by atoms with E-state index < -0.39 is 23.7 Å². The van der Waals surface area contributed by atoms with Crippen LogP contribution in [0.1, 0.15) is 11.1 Å². The second-order valence-corrected chi connectivity index (χ2v) is 9.64. The molecule has 2 aromatic heterocycles. The van der Waals surface area contributed by atoms with Gasteiger partial charge in [-0.3, -0.25) is 0 Å². The number of nitrogens with one attached hydrogen (secondary N) is 1. The van der Waals surface area contributed by atoms with Gasteiger partial charge in [-0.1, -0.05) is 18.2 Å². The molecule has 1 aliphatic heterocycles. The summed E-state index contributed by atoms with van der Waals surface area (Å²) in [5.74, 6) is 0.0144. The van der Waals surface area contributed by atoms with Crippen LogP contribution in [0.3, 0.4) is 0 Å². The van der Waals surface area contributed by atoms with E-state index >= 15 is 0 Å². The van der Waals surface area contributed by atoms with Gasteiger partial charge < -0.3 is 24.1 Å². The maximum absolute atomic E-state index is 14.2. The normalized spacial score (nSPS) is 17.6. The Morgan fingerprint density at radius 2 is 1.88 bits per heavy atom. The van der Waals surface area contributed by atoms with Gasteiger partial charge in [0.25, 0.3) is 0 Å². The fraction of sp³-hybridized carbons (Fsp3) is 0.250. The lowest BCUT2D eigenvalue weighted by atomic mass is 9.97. The number of oxazole rings is 1. The average molecular weight is 554 g/mol. The predicted octanol–water partition coefficient (Wildman–Crippen LogP) is 4.96. The van der Waals surface area contributed by atoms with Gasteiger partial charge in [0, 0.05) is 24.7 Å². The van der Waals surface area contributed by atoms with E-state index in [0.29, 0.717) is 33.6 Å². The summed E-state index contributed by atoms with van der Waals surface area (Å²) in [7, 11) is 1.74. The number of benzene rings is 3. The highest BCUT2D eigenvalue weighted by Gasteiger charge is 2.36. The fourth-order valence-corrected chi connectivity index (χ4v) is 4.81.